The molecule has 4 heterocycles. The number of benzene rings is 4. The van der Waals surface area contributed by atoms with Gasteiger partial charge < -0.3 is 40.4 Å². The molecule has 0 aliphatic heterocycles. The number of nitrogens with one attached hydrogen (secondary N) is 4. The third-order valence-corrected chi connectivity index (χ3v) is 8.18. The third-order valence-electron chi connectivity index (χ3n) is 8.18. The first-order chi connectivity index (χ1) is 25.5. The van der Waals surface area contributed by atoms with Crippen molar-refractivity contribution in [3.05, 3.63) is 120 Å². The molecule has 0 unspecified atom stereocenters. The van der Waals surface area contributed by atoms with Crippen LogP contribution in [0.3, 0.4) is 0 Å². The number of nitrogens with zero attached hydrogens (tertiary/aromatic N) is 6. The number of fused-ring (bicyclic) bond motifs is 4. The Morgan fingerprint density at radius 2 is 0.596 bits per heavy atom. The zero-order valence-corrected chi connectivity index (χ0v) is 28.8. The normalized spacial score (nSPS) is 11.4. The van der Waals surface area contributed by atoms with Crippen LogP contribution in [0.4, 0.5) is 0 Å². The lowest BCUT2D eigenvalue weighted by atomic mass is 10.3. The van der Waals surface area contributed by atoms with Gasteiger partial charge in [-0.15, -0.1) is 0 Å². The second kappa shape index (κ2) is 18.1. The molecule has 0 fully saturated rings. The minimum absolute atomic E-state index is 0.125. The monoisotopic (exact) mass is 704 g/mol. The van der Waals surface area contributed by atoms with E-state index in [-0.39, 0.29) is 26.4 Å². The Labute approximate surface area is 299 Å². The van der Waals surface area contributed by atoms with Crippen molar-refractivity contribution in [1.82, 2.24) is 49.7 Å². The van der Waals surface area contributed by atoms with Gasteiger partial charge in [0.25, 0.3) is 0 Å². The number of H-pyrrole nitrogens is 4. The summed E-state index contributed by atoms with van der Waals surface area (Å²) >= 11 is 0. The fraction of sp³-hybridized carbons (Fsp3) is 0.263. The van der Waals surface area contributed by atoms with E-state index in [0.29, 0.717) is 26.2 Å². The Kier molecular flexibility index (Phi) is 12.7. The molecule has 0 aliphatic rings. The Morgan fingerprint density at radius 1 is 0.365 bits per heavy atom. The van der Waals surface area contributed by atoms with Crippen molar-refractivity contribution in [3.63, 3.8) is 0 Å². The number of para-hydroxylation sites is 8. The van der Waals surface area contributed by atoms with Crippen LogP contribution in [0, 0.1) is 0 Å². The predicted molar refractivity (Wildman–Crippen MR) is 201 cm³/mol. The maximum Gasteiger partial charge on any atom is 0.121 e. The van der Waals surface area contributed by atoms with Crippen molar-refractivity contribution < 1.29 is 20.4 Å². The highest BCUT2D eigenvalue weighted by molar-refractivity contribution is 5.76. The standard InChI is InChI=1S/C34H32N10.2C2H6O2/c1-2-10-24-23(9-1)35-31(36-24)19-43(20-32-37-25-11-3-4-12-26(25)38-32)17-18-44(21-33-39-27-13-5-6-14-28(27)40-33)22-34-41-29-15-7-8-16-30(29)42-34;2*3-1-2-4/h1-16H,17-22H2,(H,35,36)(H,37,38)(H,39,40)(H,41,42);2*3-4H,1-2H2. The summed E-state index contributed by atoms with van der Waals surface area (Å²) in [6.45, 7) is 3.72. The highest BCUT2D eigenvalue weighted by atomic mass is 16.3. The lowest BCUT2D eigenvalue weighted by Crippen LogP contribution is -2.35. The molecular formula is C38H44N10O4. The summed E-state index contributed by atoms with van der Waals surface area (Å²) in [6.07, 6.45) is 0. The molecular weight excluding hydrogens is 660 g/mol. The van der Waals surface area contributed by atoms with Gasteiger partial charge in [0.05, 0.1) is 96.7 Å². The van der Waals surface area contributed by atoms with E-state index in [1.807, 2.05) is 72.8 Å². The lowest BCUT2D eigenvalue weighted by molar-refractivity contribution is 0.174. The second-order valence-electron chi connectivity index (χ2n) is 12.1. The fourth-order valence-electron chi connectivity index (χ4n) is 5.88. The van der Waals surface area contributed by atoms with Crippen LogP contribution >= 0.6 is 0 Å². The Balaban J connectivity index is 0.000000529. The van der Waals surface area contributed by atoms with Crippen LogP contribution in [-0.4, -0.2) is 110 Å². The van der Waals surface area contributed by atoms with Crippen LogP contribution in [0.1, 0.15) is 23.3 Å². The van der Waals surface area contributed by atoms with Gasteiger partial charge >= 0.3 is 0 Å². The average molecular weight is 705 g/mol. The highest BCUT2D eigenvalue weighted by Crippen LogP contribution is 2.18. The highest BCUT2D eigenvalue weighted by Gasteiger charge is 2.18. The van der Waals surface area contributed by atoms with Gasteiger partial charge in [-0.2, -0.15) is 0 Å². The molecule has 0 spiro atoms. The van der Waals surface area contributed by atoms with Gasteiger partial charge in [-0.25, -0.2) is 19.9 Å². The van der Waals surface area contributed by atoms with E-state index in [1.165, 1.54) is 0 Å². The molecule has 0 radical (unpaired) electrons. The summed E-state index contributed by atoms with van der Waals surface area (Å²) in [5.41, 5.74) is 8.07. The first-order valence-corrected chi connectivity index (χ1v) is 17.2. The molecule has 8 rings (SSSR count). The maximum absolute atomic E-state index is 7.62. The summed E-state index contributed by atoms with van der Waals surface area (Å²) in [7, 11) is 0. The van der Waals surface area contributed by atoms with E-state index in [9.17, 15) is 0 Å². The van der Waals surface area contributed by atoms with Crippen LogP contribution in [-0.2, 0) is 26.2 Å². The molecule has 0 saturated heterocycles. The minimum atomic E-state index is -0.125. The van der Waals surface area contributed by atoms with Gasteiger partial charge in [-0.1, -0.05) is 48.5 Å². The molecule has 8 N–H and O–H groups in total. The zero-order chi connectivity index (χ0) is 36.1. The van der Waals surface area contributed by atoms with E-state index in [1.54, 1.807) is 0 Å². The van der Waals surface area contributed by atoms with Gasteiger partial charge in [0.1, 0.15) is 23.3 Å². The third kappa shape index (κ3) is 9.64. The van der Waals surface area contributed by atoms with Crippen molar-refractivity contribution in [2.24, 2.45) is 0 Å². The Hall–Kier alpha value is -5.48. The summed E-state index contributed by atoms with van der Waals surface area (Å²) < 4.78 is 0. The van der Waals surface area contributed by atoms with Gasteiger partial charge in [-0.05, 0) is 48.5 Å². The summed E-state index contributed by atoms with van der Waals surface area (Å²) in [5, 5.41) is 30.5. The molecule has 14 nitrogen and oxygen atoms in total. The molecule has 0 aliphatic carbocycles. The van der Waals surface area contributed by atoms with Crippen molar-refractivity contribution >= 4 is 44.1 Å². The van der Waals surface area contributed by atoms with E-state index in [2.05, 4.69) is 54.0 Å². The predicted octanol–water partition coefficient (Wildman–Crippen LogP) is 3.84. The summed E-state index contributed by atoms with van der Waals surface area (Å²) in [5.74, 6) is 3.73. The van der Waals surface area contributed by atoms with Gasteiger partial charge in [0, 0.05) is 13.1 Å². The molecule has 4 aromatic carbocycles. The smallest absolute Gasteiger partial charge is 0.121 e. The Bertz CT molecular complexity index is 1830. The molecule has 52 heavy (non-hydrogen) atoms. The topological polar surface area (TPSA) is 202 Å². The number of aliphatic hydroxyl groups is 4. The number of imidazole rings is 4. The summed E-state index contributed by atoms with van der Waals surface area (Å²) in [6, 6.07) is 32.7. The van der Waals surface area contributed by atoms with Gasteiger partial charge in [0.15, 0.2) is 0 Å². The van der Waals surface area contributed by atoms with Crippen LogP contribution in [0.15, 0.2) is 97.1 Å². The number of aliphatic hydroxyl groups excluding tert-OH is 4. The van der Waals surface area contributed by atoms with Crippen LogP contribution in [0.5, 0.6) is 0 Å². The molecule has 0 amide bonds. The maximum atomic E-state index is 7.62. The number of hydrogen-bond acceptors (Lipinski definition) is 10. The van der Waals surface area contributed by atoms with Crippen molar-refractivity contribution in [1.29, 1.82) is 0 Å². The van der Waals surface area contributed by atoms with E-state index in [4.69, 9.17) is 40.4 Å². The zero-order valence-electron chi connectivity index (χ0n) is 28.8. The first kappa shape index (κ1) is 36.3. The molecule has 270 valence electrons. The summed E-state index contributed by atoms with van der Waals surface area (Å²) in [4.78, 5) is 38.3. The molecule has 8 aromatic rings. The molecule has 4 aromatic heterocycles. The SMILES string of the molecule is OCCO.OCCO.c1ccc2[nH]c(CN(CCN(Cc3nc4ccccc4[nH]3)Cc3nc4ccccc4[nH]3)Cc3nc4ccccc4[nH]3)nc2c1. The number of hydrogen-bond donors (Lipinski definition) is 8. The first-order valence-electron chi connectivity index (χ1n) is 17.2. The number of aromatic amines is 4. The van der Waals surface area contributed by atoms with Crippen LogP contribution in [0.2, 0.25) is 0 Å². The van der Waals surface area contributed by atoms with E-state index < -0.39 is 0 Å². The lowest BCUT2D eigenvalue weighted by Gasteiger charge is -2.26. The van der Waals surface area contributed by atoms with Crippen LogP contribution in [0.25, 0.3) is 44.1 Å². The number of rotatable bonds is 13. The number of aromatic nitrogens is 8. The van der Waals surface area contributed by atoms with Gasteiger partial charge in [0.2, 0.25) is 0 Å². The minimum Gasteiger partial charge on any atom is -0.394 e. The van der Waals surface area contributed by atoms with Crippen molar-refractivity contribution in [2.45, 2.75) is 26.2 Å². The van der Waals surface area contributed by atoms with Gasteiger partial charge in [-0.3, -0.25) is 9.80 Å². The molecule has 0 saturated carbocycles. The van der Waals surface area contributed by atoms with E-state index >= 15 is 0 Å². The largest absolute Gasteiger partial charge is 0.394 e. The quantitative estimate of drug-likeness (QED) is 0.0872. The molecule has 0 bridgehead atoms. The van der Waals surface area contributed by atoms with Crippen molar-refractivity contribution in [3.8, 4) is 0 Å². The average Bonchev–Trinajstić information content (AvgIpc) is 3.97. The fourth-order valence-corrected chi connectivity index (χ4v) is 5.88. The van der Waals surface area contributed by atoms with E-state index in [0.717, 1.165) is 80.5 Å². The molecule has 0 atom stereocenters. The molecule has 14 heteroatoms. The van der Waals surface area contributed by atoms with Crippen LogP contribution < -0.4 is 0 Å². The Morgan fingerprint density at radius 3 is 0.808 bits per heavy atom. The second-order valence-corrected chi connectivity index (χ2v) is 12.1. The van der Waals surface area contributed by atoms with Crippen molar-refractivity contribution in [2.75, 3.05) is 39.5 Å².